The fourth-order valence-corrected chi connectivity index (χ4v) is 4.96. The molecule has 0 aliphatic carbocycles. The van der Waals surface area contributed by atoms with E-state index < -0.39 is 0 Å². The standard InChI is InChI=1S/C23H31N7O2/c1-14-17-6-5-11-32-22(17)25-20(24-14)13-30-9-7-16(8-10-30)18-12-19(27-26-18)21-15(2)28-29(3)23(21)31-4/h12,16H,5-11,13H2,1-4H3,(H,26,27). The van der Waals surface area contributed by atoms with E-state index in [1.54, 1.807) is 11.8 Å². The quantitative estimate of drug-likeness (QED) is 0.656. The average Bonchev–Trinajstić information content (AvgIpc) is 3.37. The van der Waals surface area contributed by atoms with Gasteiger partial charge in [-0.05, 0) is 58.7 Å². The van der Waals surface area contributed by atoms with Crippen molar-refractivity contribution < 1.29 is 9.47 Å². The van der Waals surface area contributed by atoms with Gasteiger partial charge in [0.2, 0.25) is 11.8 Å². The summed E-state index contributed by atoms with van der Waals surface area (Å²) in [6.07, 6.45) is 4.21. The summed E-state index contributed by atoms with van der Waals surface area (Å²) in [6, 6.07) is 2.15. The van der Waals surface area contributed by atoms with Gasteiger partial charge in [0.1, 0.15) is 5.82 Å². The van der Waals surface area contributed by atoms with E-state index in [9.17, 15) is 0 Å². The Balaban J connectivity index is 1.24. The molecule has 32 heavy (non-hydrogen) atoms. The maximum atomic E-state index is 5.78. The number of likely N-dealkylation sites (tertiary alicyclic amines) is 1. The predicted molar refractivity (Wildman–Crippen MR) is 120 cm³/mol. The molecule has 170 valence electrons. The highest BCUT2D eigenvalue weighted by atomic mass is 16.5. The fourth-order valence-electron chi connectivity index (χ4n) is 4.96. The van der Waals surface area contributed by atoms with Crippen molar-refractivity contribution in [2.24, 2.45) is 7.05 Å². The summed E-state index contributed by atoms with van der Waals surface area (Å²) in [7, 11) is 3.56. The second-order valence-corrected chi connectivity index (χ2v) is 8.81. The monoisotopic (exact) mass is 437 g/mol. The van der Waals surface area contributed by atoms with Crippen molar-refractivity contribution in [2.45, 2.75) is 52.0 Å². The van der Waals surface area contributed by atoms with E-state index in [4.69, 9.17) is 19.4 Å². The number of aryl methyl sites for hydroxylation is 3. The first-order valence-corrected chi connectivity index (χ1v) is 11.4. The Labute approximate surface area is 188 Å². The molecule has 5 rings (SSSR count). The van der Waals surface area contributed by atoms with E-state index in [2.05, 4.69) is 33.2 Å². The van der Waals surface area contributed by atoms with Gasteiger partial charge in [0.25, 0.3) is 0 Å². The van der Waals surface area contributed by atoms with Crippen LogP contribution in [0.15, 0.2) is 6.07 Å². The number of rotatable bonds is 5. The Hall–Kier alpha value is -2.94. The van der Waals surface area contributed by atoms with Crippen LogP contribution in [-0.4, -0.2) is 61.7 Å². The number of methoxy groups -OCH3 is 1. The van der Waals surface area contributed by atoms with E-state index in [-0.39, 0.29) is 0 Å². The molecule has 0 bridgehead atoms. The second-order valence-electron chi connectivity index (χ2n) is 8.81. The number of hydrogen-bond acceptors (Lipinski definition) is 7. The lowest BCUT2D eigenvalue weighted by Crippen LogP contribution is -2.33. The Kier molecular flexibility index (Phi) is 5.58. The number of aromatic amines is 1. The van der Waals surface area contributed by atoms with Gasteiger partial charge in [0.05, 0.1) is 37.2 Å². The third kappa shape index (κ3) is 3.85. The predicted octanol–water partition coefficient (Wildman–Crippen LogP) is 2.93. The van der Waals surface area contributed by atoms with Crippen molar-refractivity contribution in [1.82, 2.24) is 34.8 Å². The number of ether oxygens (including phenoxy) is 2. The van der Waals surface area contributed by atoms with Gasteiger partial charge in [-0.1, -0.05) is 0 Å². The molecule has 3 aromatic rings. The van der Waals surface area contributed by atoms with Gasteiger partial charge in [-0.15, -0.1) is 0 Å². The molecule has 0 spiro atoms. The Morgan fingerprint density at radius 1 is 1.19 bits per heavy atom. The Bertz CT molecular complexity index is 1110. The number of nitrogens with one attached hydrogen (secondary N) is 1. The van der Waals surface area contributed by atoms with Gasteiger partial charge in [-0.3, -0.25) is 10.00 Å². The molecule has 1 N–H and O–H groups in total. The number of aromatic nitrogens is 6. The highest BCUT2D eigenvalue weighted by Crippen LogP contribution is 2.35. The summed E-state index contributed by atoms with van der Waals surface area (Å²) in [5.74, 6) is 2.86. The average molecular weight is 438 g/mol. The van der Waals surface area contributed by atoms with Crippen LogP contribution in [0.3, 0.4) is 0 Å². The van der Waals surface area contributed by atoms with Crippen molar-refractivity contribution in [3.05, 3.63) is 34.5 Å². The van der Waals surface area contributed by atoms with Gasteiger partial charge in [-0.2, -0.15) is 15.2 Å². The van der Waals surface area contributed by atoms with Crippen molar-refractivity contribution in [2.75, 3.05) is 26.8 Å². The highest BCUT2D eigenvalue weighted by Gasteiger charge is 2.26. The normalized spacial score (nSPS) is 17.2. The van der Waals surface area contributed by atoms with Gasteiger partial charge in [0.15, 0.2) is 0 Å². The molecule has 0 atom stereocenters. The van der Waals surface area contributed by atoms with Crippen LogP contribution >= 0.6 is 0 Å². The van der Waals surface area contributed by atoms with E-state index >= 15 is 0 Å². The number of nitrogens with zero attached hydrogens (tertiary/aromatic N) is 6. The molecule has 1 saturated heterocycles. The fraction of sp³-hybridized carbons (Fsp3) is 0.565. The largest absolute Gasteiger partial charge is 0.481 e. The zero-order valence-electron chi connectivity index (χ0n) is 19.3. The molecular weight excluding hydrogens is 406 g/mol. The Morgan fingerprint density at radius 2 is 2.00 bits per heavy atom. The molecule has 0 aromatic carbocycles. The summed E-state index contributed by atoms with van der Waals surface area (Å²) in [4.78, 5) is 11.9. The number of piperidine rings is 1. The van der Waals surface area contributed by atoms with Crippen LogP contribution < -0.4 is 9.47 Å². The van der Waals surface area contributed by atoms with Crippen molar-refractivity contribution in [3.8, 4) is 23.0 Å². The zero-order chi connectivity index (χ0) is 22.2. The van der Waals surface area contributed by atoms with Crippen molar-refractivity contribution in [3.63, 3.8) is 0 Å². The van der Waals surface area contributed by atoms with Crippen molar-refractivity contribution in [1.29, 1.82) is 0 Å². The third-order valence-electron chi connectivity index (χ3n) is 6.64. The summed E-state index contributed by atoms with van der Waals surface area (Å²) < 4.78 is 13.1. The second kappa shape index (κ2) is 8.54. The first-order chi connectivity index (χ1) is 15.5. The maximum absolute atomic E-state index is 5.78. The van der Waals surface area contributed by atoms with Gasteiger partial charge in [0, 0.05) is 29.9 Å². The lowest BCUT2D eigenvalue weighted by Gasteiger charge is -2.31. The van der Waals surface area contributed by atoms with Crippen LogP contribution in [0.2, 0.25) is 0 Å². The zero-order valence-corrected chi connectivity index (χ0v) is 19.3. The lowest BCUT2D eigenvalue weighted by molar-refractivity contribution is 0.196. The molecule has 0 saturated carbocycles. The first kappa shape index (κ1) is 20.9. The summed E-state index contributed by atoms with van der Waals surface area (Å²) >= 11 is 0. The van der Waals surface area contributed by atoms with E-state index in [1.165, 1.54) is 11.3 Å². The number of hydrogen-bond donors (Lipinski definition) is 1. The topological polar surface area (TPSA) is 94.0 Å². The molecule has 1 fully saturated rings. The lowest BCUT2D eigenvalue weighted by atomic mass is 9.93. The summed E-state index contributed by atoms with van der Waals surface area (Å²) in [5.41, 5.74) is 6.18. The minimum atomic E-state index is 0.463. The number of fused-ring (bicyclic) bond motifs is 1. The van der Waals surface area contributed by atoms with Crippen LogP contribution in [0.1, 0.15) is 53.7 Å². The third-order valence-corrected chi connectivity index (χ3v) is 6.64. The van der Waals surface area contributed by atoms with Crippen LogP contribution in [0, 0.1) is 13.8 Å². The van der Waals surface area contributed by atoms with E-state index in [0.717, 1.165) is 92.2 Å². The molecule has 9 heteroatoms. The van der Waals surface area contributed by atoms with E-state index in [1.807, 2.05) is 14.0 Å². The van der Waals surface area contributed by atoms with Crippen LogP contribution in [0.4, 0.5) is 0 Å². The molecule has 5 heterocycles. The van der Waals surface area contributed by atoms with E-state index in [0.29, 0.717) is 5.92 Å². The molecular formula is C23H31N7O2. The van der Waals surface area contributed by atoms with Crippen LogP contribution in [0.5, 0.6) is 11.8 Å². The minimum Gasteiger partial charge on any atom is -0.481 e. The highest BCUT2D eigenvalue weighted by molar-refractivity contribution is 5.68. The van der Waals surface area contributed by atoms with Crippen LogP contribution in [-0.2, 0) is 20.0 Å². The maximum Gasteiger partial charge on any atom is 0.221 e. The molecule has 0 unspecified atom stereocenters. The molecule has 3 aromatic heterocycles. The molecule has 0 radical (unpaired) electrons. The molecule has 2 aliphatic heterocycles. The Morgan fingerprint density at radius 3 is 2.78 bits per heavy atom. The SMILES string of the molecule is COc1c(-c2cc(C3CCN(Cc4nc(C)c5c(n4)OCCC5)CC3)[nH]n2)c(C)nn1C. The van der Waals surface area contributed by atoms with Crippen molar-refractivity contribution >= 4 is 0 Å². The molecule has 9 nitrogen and oxygen atoms in total. The molecule has 0 amide bonds. The smallest absolute Gasteiger partial charge is 0.221 e. The first-order valence-electron chi connectivity index (χ1n) is 11.4. The van der Waals surface area contributed by atoms with Gasteiger partial charge >= 0.3 is 0 Å². The van der Waals surface area contributed by atoms with Gasteiger partial charge in [-0.25, -0.2) is 9.67 Å². The van der Waals surface area contributed by atoms with Crippen LogP contribution in [0.25, 0.3) is 11.3 Å². The molecule has 2 aliphatic rings. The van der Waals surface area contributed by atoms with Gasteiger partial charge < -0.3 is 9.47 Å². The number of H-pyrrole nitrogens is 1. The summed E-state index contributed by atoms with van der Waals surface area (Å²) in [6.45, 7) is 7.60. The summed E-state index contributed by atoms with van der Waals surface area (Å²) in [5, 5.41) is 12.3. The minimum absolute atomic E-state index is 0.463.